The molecule has 1 aromatic carbocycles. The fourth-order valence-electron chi connectivity index (χ4n) is 2.54. The Bertz CT molecular complexity index is 329. The fourth-order valence-corrected chi connectivity index (χ4v) is 4.31. The second-order valence-electron chi connectivity index (χ2n) is 4.78. The third-order valence-electron chi connectivity index (χ3n) is 3.53. The van der Waals surface area contributed by atoms with Crippen molar-refractivity contribution in [3.63, 3.8) is 0 Å². The van der Waals surface area contributed by atoms with Crippen LogP contribution < -0.4 is 5.32 Å². The zero-order chi connectivity index (χ0) is 12.6. The number of hydrogen-bond acceptors (Lipinski definition) is 3. The van der Waals surface area contributed by atoms with Crippen LogP contribution in [0.25, 0.3) is 0 Å². The van der Waals surface area contributed by atoms with Crippen LogP contribution in [0, 0.1) is 0 Å². The molecule has 1 aromatic rings. The lowest BCUT2D eigenvalue weighted by molar-refractivity contribution is 0.392. The van der Waals surface area contributed by atoms with E-state index in [1.165, 1.54) is 36.3 Å². The van der Waals surface area contributed by atoms with Gasteiger partial charge in [-0.05, 0) is 31.2 Å². The van der Waals surface area contributed by atoms with E-state index in [-0.39, 0.29) is 0 Å². The Hall–Kier alpha value is -0.120. The van der Waals surface area contributed by atoms with E-state index < -0.39 is 0 Å². The van der Waals surface area contributed by atoms with E-state index in [0.29, 0.717) is 0 Å². The molecule has 0 radical (unpaired) electrons. The van der Waals surface area contributed by atoms with Gasteiger partial charge < -0.3 is 5.32 Å². The average Bonchev–Trinajstić information content (AvgIpc) is 2.45. The third-order valence-corrected chi connectivity index (χ3v) is 5.71. The molecule has 100 valence electrons. The van der Waals surface area contributed by atoms with Gasteiger partial charge in [0.25, 0.3) is 0 Å². The van der Waals surface area contributed by atoms with Gasteiger partial charge in [-0.2, -0.15) is 11.8 Å². The average molecular weight is 281 g/mol. The predicted octanol–water partition coefficient (Wildman–Crippen LogP) is 4.04. The highest BCUT2D eigenvalue weighted by Gasteiger charge is 2.23. The van der Waals surface area contributed by atoms with E-state index in [9.17, 15) is 0 Å². The van der Waals surface area contributed by atoms with Crippen molar-refractivity contribution < 1.29 is 0 Å². The minimum absolute atomic E-state index is 0.741. The highest BCUT2D eigenvalue weighted by molar-refractivity contribution is 7.99. The third kappa shape index (κ3) is 4.52. The van der Waals surface area contributed by atoms with Crippen LogP contribution in [0.4, 0.5) is 0 Å². The monoisotopic (exact) mass is 281 g/mol. The zero-order valence-electron chi connectivity index (χ0n) is 11.1. The maximum atomic E-state index is 3.75. The number of rotatable bonds is 6. The normalized spacial score (nSPS) is 24.1. The maximum absolute atomic E-state index is 3.75. The van der Waals surface area contributed by atoms with Crippen LogP contribution in [-0.2, 0) is 0 Å². The first-order valence-electron chi connectivity index (χ1n) is 6.84. The summed E-state index contributed by atoms with van der Waals surface area (Å²) in [5.74, 6) is 1.17. The van der Waals surface area contributed by atoms with Gasteiger partial charge in [-0.15, -0.1) is 11.8 Å². The SMILES string of the molecule is CSC1CCCCC1NCCSc1ccccc1. The van der Waals surface area contributed by atoms with Gasteiger partial charge in [0.1, 0.15) is 0 Å². The summed E-state index contributed by atoms with van der Waals surface area (Å²) in [6.45, 7) is 1.13. The summed E-state index contributed by atoms with van der Waals surface area (Å²) in [5, 5.41) is 4.58. The Balaban J connectivity index is 1.65. The van der Waals surface area contributed by atoms with Crippen molar-refractivity contribution in [3.05, 3.63) is 30.3 Å². The van der Waals surface area contributed by atoms with Gasteiger partial charge in [0.2, 0.25) is 0 Å². The lowest BCUT2D eigenvalue weighted by atomic mass is 9.95. The molecule has 0 heterocycles. The fraction of sp³-hybridized carbons (Fsp3) is 0.600. The minimum Gasteiger partial charge on any atom is -0.312 e. The summed E-state index contributed by atoms with van der Waals surface area (Å²) in [6, 6.07) is 11.4. The van der Waals surface area contributed by atoms with E-state index in [1.54, 1.807) is 0 Å². The van der Waals surface area contributed by atoms with Crippen LogP contribution in [0.1, 0.15) is 25.7 Å². The van der Waals surface area contributed by atoms with Gasteiger partial charge in [0, 0.05) is 28.5 Å². The van der Waals surface area contributed by atoms with Crippen LogP contribution in [0.15, 0.2) is 35.2 Å². The Morgan fingerprint density at radius 3 is 2.72 bits per heavy atom. The molecule has 2 atom stereocenters. The summed E-state index contributed by atoms with van der Waals surface area (Å²) in [7, 11) is 0. The molecule has 1 nitrogen and oxygen atoms in total. The van der Waals surface area contributed by atoms with Crippen molar-refractivity contribution in [2.24, 2.45) is 0 Å². The summed E-state index contributed by atoms with van der Waals surface area (Å²) in [5.41, 5.74) is 0. The van der Waals surface area contributed by atoms with Crippen LogP contribution in [-0.4, -0.2) is 29.8 Å². The number of thioether (sulfide) groups is 2. The first-order valence-corrected chi connectivity index (χ1v) is 9.11. The Morgan fingerprint density at radius 1 is 1.17 bits per heavy atom. The lowest BCUT2D eigenvalue weighted by Crippen LogP contribution is -2.41. The minimum atomic E-state index is 0.741. The summed E-state index contributed by atoms with van der Waals surface area (Å²) in [4.78, 5) is 1.38. The quantitative estimate of drug-likeness (QED) is 0.624. The second-order valence-corrected chi connectivity index (χ2v) is 7.03. The number of benzene rings is 1. The molecule has 1 aliphatic rings. The number of hydrogen-bond donors (Lipinski definition) is 1. The molecule has 2 unspecified atom stereocenters. The summed E-state index contributed by atoms with van der Waals surface area (Å²) < 4.78 is 0. The molecule has 3 heteroatoms. The molecule has 0 amide bonds. The van der Waals surface area contributed by atoms with Gasteiger partial charge in [-0.1, -0.05) is 31.0 Å². The van der Waals surface area contributed by atoms with Crippen molar-refractivity contribution in [3.8, 4) is 0 Å². The molecule has 0 aliphatic heterocycles. The first kappa shape index (κ1) is 14.3. The predicted molar refractivity (Wildman–Crippen MR) is 84.7 cm³/mol. The molecule has 1 saturated carbocycles. The van der Waals surface area contributed by atoms with Crippen molar-refractivity contribution in [2.75, 3.05) is 18.6 Å². The van der Waals surface area contributed by atoms with Crippen molar-refractivity contribution >= 4 is 23.5 Å². The Morgan fingerprint density at radius 2 is 1.94 bits per heavy atom. The van der Waals surface area contributed by atoms with E-state index in [1.807, 2.05) is 23.5 Å². The smallest absolute Gasteiger partial charge is 0.0198 e. The molecule has 1 N–H and O–H groups in total. The molecule has 1 aliphatic carbocycles. The molecule has 18 heavy (non-hydrogen) atoms. The second kappa shape index (κ2) is 8.13. The molecule has 2 rings (SSSR count). The molecule has 1 fully saturated rings. The molecule has 0 saturated heterocycles. The van der Waals surface area contributed by atoms with Crippen molar-refractivity contribution in [2.45, 2.75) is 41.9 Å². The van der Waals surface area contributed by atoms with Crippen molar-refractivity contribution in [1.29, 1.82) is 0 Å². The largest absolute Gasteiger partial charge is 0.312 e. The standard InChI is InChI=1S/C15H23NS2/c1-17-15-10-6-5-9-14(15)16-11-12-18-13-7-3-2-4-8-13/h2-4,7-8,14-16H,5-6,9-12H2,1H3. The first-order chi connectivity index (χ1) is 8.90. The molecular weight excluding hydrogens is 258 g/mol. The topological polar surface area (TPSA) is 12.0 Å². The number of nitrogens with one attached hydrogen (secondary N) is 1. The van der Waals surface area contributed by atoms with E-state index in [4.69, 9.17) is 0 Å². The van der Waals surface area contributed by atoms with Crippen LogP contribution in [0.3, 0.4) is 0 Å². The van der Waals surface area contributed by atoms with E-state index in [2.05, 4.69) is 41.9 Å². The van der Waals surface area contributed by atoms with Crippen LogP contribution in [0.2, 0.25) is 0 Å². The van der Waals surface area contributed by atoms with E-state index in [0.717, 1.165) is 17.8 Å². The Labute approximate surface area is 120 Å². The van der Waals surface area contributed by atoms with Gasteiger partial charge in [0.05, 0.1) is 0 Å². The highest BCUT2D eigenvalue weighted by Crippen LogP contribution is 2.27. The highest BCUT2D eigenvalue weighted by atomic mass is 32.2. The van der Waals surface area contributed by atoms with Crippen molar-refractivity contribution in [1.82, 2.24) is 5.32 Å². The van der Waals surface area contributed by atoms with Gasteiger partial charge in [-0.3, -0.25) is 0 Å². The molecular formula is C15H23NS2. The lowest BCUT2D eigenvalue weighted by Gasteiger charge is -2.31. The molecule has 0 aromatic heterocycles. The van der Waals surface area contributed by atoms with Gasteiger partial charge in [0.15, 0.2) is 0 Å². The van der Waals surface area contributed by atoms with Crippen LogP contribution >= 0.6 is 23.5 Å². The Kier molecular flexibility index (Phi) is 6.46. The zero-order valence-corrected chi connectivity index (χ0v) is 12.7. The van der Waals surface area contributed by atoms with Gasteiger partial charge in [-0.25, -0.2) is 0 Å². The molecule has 0 bridgehead atoms. The van der Waals surface area contributed by atoms with E-state index >= 15 is 0 Å². The van der Waals surface area contributed by atoms with Crippen LogP contribution in [0.5, 0.6) is 0 Å². The summed E-state index contributed by atoms with van der Waals surface area (Å²) in [6.07, 6.45) is 7.83. The molecule has 0 spiro atoms. The summed E-state index contributed by atoms with van der Waals surface area (Å²) >= 11 is 3.99. The van der Waals surface area contributed by atoms with Gasteiger partial charge >= 0.3 is 0 Å². The maximum Gasteiger partial charge on any atom is 0.0198 e.